The fourth-order valence-electron chi connectivity index (χ4n) is 0.763. The molecule has 0 heterocycles. The van der Waals surface area contributed by atoms with Crippen molar-refractivity contribution in [2.45, 2.75) is 6.92 Å². The van der Waals surface area contributed by atoms with Gasteiger partial charge in [0.15, 0.2) is 5.82 Å². The Labute approximate surface area is 84.5 Å². The first-order chi connectivity index (χ1) is 6.54. The number of likely N-dealkylation sites (N-methyl/N-ethyl adjacent to an activating group) is 1. The molecule has 0 radical (unpaired) electrons. The maximum absolute atomic E-state index is 7.63. The van der Waals surface area contributed by atoms with E-state index in [1.165, 1.54) is 6.20 Å². The quantitative estimate of drug-likeness (QED) is 0.451. The molecule has 0 aliphatic carbocycles. The lowest BCUT2D eigenvalue weighted by molar-refractivity contribution is 0.614. The summed E-state index contributed by atoms with van der Waals surface area (Å²) in [4.78, 5) is 5.60. The third-order valence-electron chi connectivity index (χ3n) is 1.45. The molecule has 0 bridgehead atoms. The number of aliphatic imine (C=N–C) groups is 1. The van der Waals surface area contributed by atoms with Crippen molar-refractivity contribution in [1.82, 2.24) is 10.2 Å². The van der Waals surface area contributed by atoms with E-state index >= 15 is 0 Å². The minimum Gasteiger partial charge on any atom is -0.393 e. The van der Waals surface area contributed by atoms with Crippen molar-refractivity contribution in [3.8, 4) is 0 Å². The lowest BCUT2D eigenvalue weighted by atomic mass is 10.3. The lowest BCUT2D eigenvalue weighted by Crippen LogP contribution is -2.29. The highest BCUT2D eigenvalue weighted by Crippen LogP contribution is 2.00. The van der Waals surface area contributed by atoms with Crippen LogP contribution in [-0.4, -0.2) is 31.0 Å². The summed E-state index contributed by atoms with van der Waals surface area (Å²) in [5, 5.41) is 10.4. The molecular weight excluding hydrogens is 178 g/mol. The molecule has 0 aliphatic heterocycles. The van der Waals surface area contributed by atoms with Crippen LogP contribution in [0.3, 0.4) is 0 Å². The number of amidine groups is 1. The van der Waals surface area contributed by atoms with E-state index in [4.69, 9.17) is 11.1 Å². The molecule has 0 amide bonds. The first kappa shape index (κ1) is 12.2. The van der Waals surface area contributed by atoms with Gasteiger partial charge in [0.2, 0.25) is 0 Å². The van der Waals surface area contributed by atoms with Gasteiger partial charge in [-0.05, 0) is 13.1 Å². The Morgan fingerprint density at radius 1 is 1.57 bits per heavy atom. The molecule has 0 aromatic rings. The first-order valence-electron chi connectivity index (χ1n) is 4.16. The predicted octanol–water partition coefficient (Wildman–Crippen LogP) is 0.477. The van der Waals surface area contributed by atoms with Crippen LogP contribution in [0.2, 0.25) is 0 Å². The van der Waals surface area contributed by atoms with Crippen molar-refractivity contribution in [3.63, 3.8) is 0 Å². The summed E-state index contributed by atoms with van der Waals surface area (Å²) in [7, 11) is 3.49. The predicted molar refractivity (Wildman–Crippen MR) is 60.1 cm³/mol. The van der Waals surface area contributed by atoms with Crippen molar-refractivity contribution < 1.29 is 0 Å². The Kier molecular flexibility index (Phi) is 5.06. The van der Waals surface area contributed by atoms with E-state index in [0.29, 0.717) is 5.82 Å². The molecule has 0 fully saturated rings. The smallest absolute Gasteiger partial charge is 0.156 e. The number of nitrogens with two attached hydrogens (primary N) is 1. The maximum Gasteiger partial charge on any atom is 0.156 e. The second kappa shape index (κ2) is 5.80. The fourth-order valence-corrected chi connectivity index (χ4v) is 0.763. The zero-order valence-corrected chi connectivity index (χ0v) is 8.83. The molecule has 0 atom stereocenters. The van der Waals surface area contributed by atoms with Crippen LogP contribution in [-0.2, 0) is 0 Å². The topological polar surface area (TPSA) is 77.5 Å². The van der Waals surface area contributed by atoms with Crippen molar-refractivity contribution in [1.29, 1.82) is 5.41 Å². The monoisotopic (exact) mass is 195 g/mol. The first-order valence-corrected chi connectivity index (χ1v) is 4.16. The van der Waals surface area contributed by atoms with Crippen LogP contribution in [0.5, 0.6) is 0 Å². The largest absolute Gasteiger partial charge is 0.393 e. The second-order valence-corrected chi connectivity index (χ2v) is 2.74. The molecule has 0 rings (SSSR count). The SMILES string of the molecule is C=CN/C(N=CC)=C(\N)C(=N)N(C)C. The number of nitrogens with one attached hydrogen (secondary N) is 2. The number of rotatable bonds is 4. The van der Waals surface area contributed by atoms with Crippen LogP contribution in [0.1, 0.15) is 6.92 Å². The molecule has 14 heavy (non-hydrogen) atoms. The summed E-state index contributed by atoms with van der Waals surface area (Å²) in [6, 6.07) is 0. The lowest BCUT2D eigenvalue weighted by Gasteiger charge is -2.15. The third kappa shape index (κ3) is 3.30. The van der Waals surface area contributed by atoms with Gasteiger partial charge in [-0.1, -0.05) is 6.58 Å². The number of nitrogens with zero attached hydrogens (tertiary/aromatic N) is 2. The molecule has 5 nitrogen and oxygen atoms in total. The molecule has 0 aromatic carbocycles. The van der Waals surface area contributed by atoms with Crippen molar-refractivity contribution in [2.24, 2.45) is 10.7 Å². The van der Waals surface area contributed by atoms with Gasteiger partial charge in [0.1, 0.15) is 11.5 Å². The van der Waals surface area contributed by atoms with E-state index in [2.05, 4.69) is 16.9 Å². The van der Waals surface area contributed by atoms with Gasteiger partial charge in [-0.25, -0.2) is 4.99 Å². The highest BCUT2D eigenvalue weighted by atomic mass is 15.1. The Balaban J connectivity index is 4.97. The third-order valence-corrected chi connectivity index (χ3v) is 1.45. The molecule has 0 saturated carbocycles. The molecule has 5 heteroatoms. The van der Waals surface area contributed by atoms with Crippen molar-refractivity contribution >= 4 is 12.1 Å². The standard InChI is InChI=1S/C9H17N5/c1-5-12-9(13-6-2)7(10)8(11)14(3)4/h5-6,11-12H,1,10H2,2-4H3/b9-7+,11-8?,13-6?. The van der Waals surface area contributed by atoms with Crippen LogP contribution in [0.4, 0.5) is 0 Å². The summed E-state index contributed by atoms with van der Waals surface area (Å²) >= 11 is 0. The van der Waals surface area contributed by atoms with Crippen LogP contribution >= 0.6 is 0 Å². The maximum atomic E-state index is 7.63. The normalized spacial score (nSPS) is 12.2. The molecule has 78 valence electrons. The summed E-state index contributed by atoms with van der Waals surface area (Å²) in [5.41, 5.74) is 6.01. The summed E-state index contributed by atoms with van der Waals surface area (Å²) in [6.45, 7) is 5.29. The van der Waals surface area contributed by atoms with Gasteiger partial charge in [0, 0.05) is 20.3 Å². The average molecular weight is 195 g/mol. The van der Waals surface area contributed by atoms with E-state index in [0.717, 1.165) is 0 Å². The Morgan fingerprint density at radius 2 is 2.14 bits per heavy atom. The fraction of sp³-hybridized carbons (Fsp3) is 0.333. The minimum absolute atomic E-state index is 0.208. The average Bonchev–Trinajstić information content (AvgIpc) is 2.15. The molecule has 0 saturated heterocycles. The summed E-state index contributed by atoms with van der Waals surface area (Å²) < 4.78 is 0. The van der Waals surface area contributed by atoms with Crippen LogP contribution in [0.15, 0.2) is 29.3 Å². The highest BCUT2D eigenvalue weighted by Gasteiger charge is 2.08. The van der Waals surface area contributed by atoms with Gasteiger partial charge < -0.3 is 16.0 Å². The van der Waals surface area contributed by atoms with Crippen molar-refractivity contribution in [3.05, 3.63) is 24.3 Å². The summed E-state index contributed by atoms with van der Waals surface area (Å²) in [5.74, 6) is 0.640. The minimum atomic E-state index is 0.208. The zero-order chi connectivity index (χ0) is 11.1. The molecule has 0 spiro atoms. The molecular formula is C9H17N5. The summed E-state index contributed by atoms with van der Waals surface area (Å²) in [6.07, 6.45) is 3.07. The molecule has 0 aliphatic rings. The Hall–Kier alpha value is -1.78. The van der Waals surface area contributed by atoms with Gasteiger partial charge in [-0.15, -0.1) is 0 Å². The Morgan fingerprint density at radius 3 is 2.50 bits per heavy atom. The van der Waals surface area contributed by atoms with Crippen molar-refractivity contribution in [2.75, 3.05) is 14.1 Å². The van der Waals surface area contributed by atoms with E-state index in [1.54, 1.807) is 32.1 Å². The van der Waals surface area contributed by atoms with Gasteiger partial charge >= 0.3 is 0 Å². The van der Waals surface area contributed by atoms with E-state index in [-0.39, 0.29) is 11.5 Å². The molecule has 0 aromatic heterocycles. The second-order valence-electron chi connectivity index (χ2n) is 2.74. The molecule has 0 unspecified atom stereocenters. The van der Waals surface area contributed by atoms with Gasteiger partial charge in [0.05, 0.1) is 0 Å². The number of hydrogen-bond donors (Lipinski definition) is 3. The van der Waals surface area contributed by atoms with E-state index in [9.17, 15) is 0 Å². The van der Waals surface area contributed by atoms with Gasteiger partial charge in [-0.3, -0.25) is 5.41 Å². The van der Waals surface area contributed by atoms with Crippen LogP contribution in [0, 0.1) is 5.41 Å². The zero-order valence-electron chi connectivity index (χ0n) is 8.83. The van der Waals surface area contributed by atoms with E-state index < -0.39 is 0 Å². The Bertz CT molecular complexity index is 275. The van der Waals surface area contributed by atoms with Gasteiger partial charge in [0.25, 0.3) is 0 Å². The molecule has 4 N–H and O–H groups in total. The van der Waals surface area contributed by atoms with E-state index in [1.807, 2.05) is 0 Å². The van der Waals surface area contributed by atoms with Gasteiger partial charge in [-0.2, -0.15) is 0 Å². The van der Waals surface area contributed by atoms with Crippen LogP contribution < -0.4 is 11.1 Å². The highest BCUT2D eigenvalue weighted by molar-refractivity contribution is 5.95. The number of hydrogen-bond acceptors (Lipinski definition) is 4. The van der Waals surface area contributed by atoms with Crippen LogP contribution in [0.25, 0.3) is 0 Å².